The molecule has 1 fully saturated rings. The first kappa shape index (κ1) is 17.0. The van der Waals surface area contributed by atoms with Crippen LogP contribution in [0.4, 0.5) is 0 Å². The Bertz CT molecular complexity index is 353. The Kier molecular flexibility index (Phi) is 5.60. The Hall–Kier alpha value is -1.06. The largest absolute Gasteiger partial charge is 0.481 e. The van der Waals surface area contributed by atoms with Crippen molar-refractivity contribution in [3.63, 3.8) is 0 Å². The van der Waals surface area contributed by atoms with Crippen LogP contribution in [0.25, 0.3) is 0 Å². The van der Waals surface area contributed by atoms with E-state index in [2.05, 4.69) is 33.0 Å². The molecular formula is C16H29NO3. The van der Waals surface area contributed by atoms with Gasteiger partial charge in [0.1, 0.15) is 0 Å². The smallest absolute Gasteiger partial charge is 0.310 e. The van der Waals surface area contributed by atoms with Crippen LogP contribution in [0.1, 0.15) is 66.2 Å². The summed E-state index contributed by atoms with van der Waals surface area (Å²) in [6, 6.07) is 0. The number of carboxylic acid groups (broad SMARTS) is 1. The average Bonchev–Trinajstić information content (AvgIpc) is 2.20. The van der Waals surface area contributed by atoms with Crippen molar-refractivity contribution in [3.8, 4) is 0 Å². The van der Waals surface area contributed by atoms with E-state index in [0.29, 0.717) is 30.7 Å². The summed E-state index contributed by atoms with van der Waals surface area (Å²) in [5.74, 6) is -0.373. The Morgan fingerprint density at radius 1 is 1.30 bits per heavy atom. The topological polar surface area (TPSA) is 66.4 Å². The summed E-state index contributed by atoms with van der Waals surface area (Å²) < 4.78 is 0. The predicted molar refractivity (Wildman–Crippen MR) is 79.4 cm³/mol. The fourth-order valence-electron chi connectivity index (χ4n) is 3.05. The van der Waals surface area contributed by atoms with E-state index in [1.54, 1.807) is 0 Å². The summed E-state index contributed by atoms with van der Waals surface area (Å²) in [6.45, 7) is 9.49. The second kappa shape index (κ2) is 6.59. The zero-order valence-electron chi connectivity index (χ0n) is 13.3. The van der Waals surface area contributed by atoms with E-state index in [1.807, 2.05) is 0 Å². The summed E-state index contributed by atoms with van der Waals surface area (Å²) in [5, 5.41) is 12.1. The maximum atomic E-state index is 11.8. The van der Waals surface area contributed by atoms with Crippen molar-refractivity contribution in [1.29, 1.82) is 0 Å². The number of rotatable bonds is 7. The Morgan fingerprint density at radius 3 is 2.30 bits per heavy atom. The molecule has 1 atom stereocenters. The van der Waals surface area contributed by atoms with E-state index in [4.69, 9.17) is 0 Å². The molecule has 116 valence electrons. The third kappa shape index (κ3) is 5.14. The van der Waals surface area contributed by atoms with Gasteiger partial charge in [0.25, 0.3) is 0 Å². The van der Waals surface area contributed by atoms with Crippen LogP contribution >= 0.6 is 0 Å². The summed E-state index contributed by atoms with van der Waals surface area (Å²) in [7, 11) is 0. The number of amides is 1. The van der Waals surface area contributed by atoms with E-state index >= 15 is 0 Å². The molecular weight excluding hydrogens is 254 g/mol. The van der Waals surface area contributed by atoms with Crippen LogP contribution in [0.3, 0.4) is 0 Å². The zero-order valence-corrected chi connectivity index (χ0v) is 13.3. The van der Waals surface area contributed by atoms with Crippen LogP contribution in [0, 0.1) is 16.7 Å². The van der Waals surface area contributed by atoms with Crippen LogP contribution in [-0.4, -0.2) is 23.5 Å². The van der Waals surface area contributed by atoms with Gasteiger partial charge in [-0.2, -0.15) is 0 Å². The van der Waals surface area contributed by atoms with Crippen LogP contribution in [0.2, 0.25) is 0 Å². The lowest BCUT2D eigenvalue weighted by Crippen LogP contribution is -2.42. The fraction of sp³-hybridized carbons (Fsp3) is 0.875. The molecule has 0 radical (unpaired) electrons. The molecule has 0 aromatic heterocycles. The minimum absolute atomic E-state index is 0.116. The maximum absolute atomic E-state index is 11.8. The van der Waals surface area contributed by atoms with Gasteiger partial charge < -0.3 is 10.4 Å². The lowest BCUT2D eigenvalue weighted by molar-refractivity contribution is -0.157. The first-order chi connectivity index (χ1) is 9.15. The number of carboxylic acids is 1. The molecule has 2 N–H and O–H groups in total. The third-order valence-electron chi connectivity index (χ3n) is 4.18. The second-order valence-electron chi connectivity index (χ2n) is 7.62. The van der Waals surface area contributed by atoms with Crippen molar-refractivity contribution < 1.29 is 14.7 Å². The van der Waals surface area contributed by atoms with Crippen molar-refractivity contribution >= 4 is 11.9 Å². The van der Waals surface area contributed by atoms with Crippen molar-refractivity contribution in [2.75, 3.05) is 6.54 Å². The number of nitrogens with one attached hydrogen (secondary N) is 1. The van der Waals surface area contributed by atoms with E-state index in [-0.39, 0.29) is 12.3 Å². The molecule has 1 aliphatic carbocycles. The SMILES string of the molecule is CC(CCNC(=O)CC1(C(=O)O)CCC1)CC(C)(C)C. The Balaban J connectivity index is 2.25. The highest BCUT2D eigenvalue weighted by Crippen LogP contribution is 2.44. The summed E-state index contributed by atoms with van der Waals surface area (Å²) in [4.78, 5) is 23.0. The molecule has 4 nitrogen and oxygen atoms in total. The monoisotopic (exact) mass is 283 g/mol. The third-order valence-corrected chi connectivity index (χ3v) is 4.18. The van der Waals surface area contributed by atoms with Gasteiger partial charge in [0, 0.05) is 13.0 Å². The molecule has 1 saturated carbocycles. The normalized spacial score (nSPS) is 19.0. The molecule has 4 heteroatoms. The fourth-order valence-corrected chi connectivity index (χ4v) is 3.05. The van der Waals surface area contributed by atoms with Gasteiger partial charge in [-0.25, -0.2) is 0 Å². The summed E-state index contributed by atoms with van der Waals surface area (Å²) in [6.07, 6.45) is 4.40. The highest BCUT2D eigenvalue weighted by atomic mass is 16.4. The zero-order chi connectivity index (χ0) is 15.4. The molecule has 0 aromatic rings. The number of carbonyl (C=O) groups excluding carboxylic acids is 1. The van der Waals surface area contributed by atoms with Gasteiger partial charge in [-0.3, -0.25) is 9.59 Å². The van der Waals surface area contributed by atoms with Crippen LogP contribution in [-0.2, 0) is 9.59 Å². The quantitative estimate of drug-likeness (QED) is 0.754. The van der Waals surface area contributed by atoms with Crippen molar-refractivity contribution in [3.05, 3.63) is 0 Å². The van der Waals surface area contributed by atoms with E-state index in [0.717, 1.165) is 19.3 Å². The van der Waals surface area contributed by atoms with Gasteiger partial charge in [0.2, 0.25) is 5.91 Å². The molecule has 1 aliphatic rings. The minimum atomic E-state index is -0.819. The number of hydrogen-bond acceptors (Lipinski definition) is 2. The summed E-state index contributed by atoms with van der Waals surface area (Å²) in [5.41, 5.74) is -0.468. The molecule has 0 heterocycles. The number of aliphatic carboxylic acids is 1. The molecule has 20 heavy (non-hydrogen) atoms. The standard InChI is InChI=1S/C16H29NO3/c1-12(10-15(2,3)4)6-9-17-13(18)11-16(14(19)20)7-5-8-16/h12H,5-11H2,1-4H3,(H,17,18)(H,19,20). The lowest BCUT2D eigenvalue weighted by atomic mass is 9.66. The molecule has 0 spiro atoms. The van der Waals surface area contributed by atoms with Crippen molar-refractivity contribution in [2.24, 2.45) is 16.7 Å². The van der Waals surface area contributed by atoms with E-state index < -0.39 is 11.4 Å². The van der Waals surface area contributed by atoms with Crippen LogP contribution < -0.4 is 5.32 Å². The van der Waals surface area contributed by atoms with Gasteiger partial charge in [-0.15, -0.1) is 0 Å². The lowest BCUT2D eigenvalue weighted by Gasteiger charge is -2.36. The number of hydrogen-bond donors (Lipinski definition) is 2. The molecule has 0 aromatic carbocycles. The Morgan fingerprint density at radius 2 is 1.90 bits per heavy atom. The average molecular weight is 283 g/mol. The van der Waals surface area contributed by atoms with Crippen molar-refractivity contribution in [2.45, 2.75) is 66.2 Å². The van der Waals surface area contributed by atoms with Crippen molar-refractivity contribution in [1.82, 2.24) is 5.32 Å². The number of carbonyl (C=O) groups is 2. The first-order valence-electron chi connectivity index (χ1n) is 7.65. The highest BCUT2D eigenvalue weighted by molar-refractivity contribution is 5.85. The molecule has 1 unspecified atom stereocenters. The molecule has 1 rings (SSSR count). The maximum Gasteiger partial charge on any atom is 0.310 e. The van der Waals surface area contributed by atoms with Gasteiger partial charge in [-0.1, -0.05) is 34.1 Å². The first-order valence-corrected chi connectivity index (χ1v) is 7.65. The van der Waals surface area contributed by atoms with Gasteiger partial charge >= 0.3 is 5.97 Å². The minimum Gasteiger partial charge on any atom is -0.481 e. The molecule has 0 bridgehead atoms. The predicted octanol–water partition coefficient (Wildman–Crippen LogP) is 3.21. The van der Waals surface area contributed by atoms with Gasteiger partial charge in [0.15, 0.2) is 0 Å². The van der Waals surface area contributed by atoms with Gasteiger partial charge in [0.05, 0.1) is 5.41 Å². The van der Waals surface area contributed by atoms with E-state index in [1.165, 1.54) is 0 Å². The molecule has 0 aliphatic heterocycles. The molecule has 0 saturated heterocycles. The summed E-state index contributed by atoms with van der Waals surface area (Å²) >= 11 is 0. The van der Waals surface area contributed by atoms with Crippen LogP contribution in [0.5, 0.6) is 0 Å². The highest BCUT2D eigenvalue weighted by Gasteiger charge is 2.45. The van der Waals surface area contributed by atoms with Gasteiger partial charge in [-0.05, 0) is 37.0 Å². The second-order valence-corrected chi connectivity index (χ2v) is 7.62. The molecule has 1 amide bonds. The van der Waals surface area contributed by atoms with E-state index in [9.17, 15) is 14.7 Å². The van der Waals surface area contributed by atoms with Crippen LogP contribution in [0.15, 0.2) is 0 Å². The Labute approximate surface area is 122 Å².